The molecule has 0 aliphatic carbocycles. The SMILES string of the molecule is CC(C)CN(CCc1ccccc1)C(C)C. The van der Waals surface area contributed by atoms with E-state index >= 15 is 0 Å². The maximum Gasteiger partial charge on any atom is 0.00388 e. The van der Waals surface area contributed by atoms with Crippen LogP contribution in [0.1, 0.15) is 33.3 Å². The van der Waals surface area contributed by atoms with Crippen molar-refractivity contribution in [1.82, 2.24) is 4.90 Å². The Balaban J connectivity index is 2.44. The molecule has 0 spiro atoms. The van der Waals surface area contributed by atoms with E-state index in [1.54, 1.807) is 0 Å². The van der Waals surface area contributed by atoms with E-state index in [0.29, 0.717) is 6.04 Å². The van der Waals surface area contributed by atoms with Gasteiger partial charge in [0, 0.05) is 19.1 Å². The van der Waals surface area contributed by atoms with E-state index in [9.17, 15) is 0 Å². The van der Waals surface area contributed by atoms with E-state index in [4.69, 9.17) is 0 Å². The predicted molar refractivity (Wildman–Crippen MR) is 71.7 cm³/mol. The molecule has 0 N–H and O–H groups in total. The molecule has 0 saturated carbocycles. The third-order valence-corrected chi connectivity index (χ3v) is 2.86. The molecule has 0 amide bonds. The second-order valence-corrected chi connectivity index (χ2v) is 5.22. The minimum absolute atomic E-state index is 0.645. The zero-order chi connectivity index (χ0) is 12.0. The predicted octanol–water partition coefficient (Wildman–Crippen LogP) is 3.60. The molecule has 0 aromatic heterocycles. The van der Waals surface area contributed by atoms with Gasteiger partial charge in [-0.3, -0.25) is 0 Å². The topological polar surface area (TPSA) is 3.24 Å². The van der Waals surface area contributed by atoms with Gasteiger partial charge in [0.05, 0.1) is 0 Å². The first-order chi connectivity index (χ1) is 7.59. The van der Waals surface area contributed by atoms with Crippen LogP contribution >= 0.6 is 0 Å². The second-order valence-electron chi connectivity index (χ2n) is 5.22. The minimum atomic E-state index is 0.645. The number of rotatable bonds is 6. The second kappa shape index (κ2) is 6.70. The highest BCUT2D eigenvalue weighted by Crippen LogP contribution is 2.07. The molecule has 0 radical (unpaired) electrons. The molecule has 1 aromatic rings. The van der Waals surface area contributed by atoms with Crippen LogP contribution in [-0.4, -0.2) is 24.0 Å². The summed E-state index contributed by atoms with van der Waals surface area (Å²) < 4.78 is 0. The Hall–Kier alpha value is -0.820. The van der Waals surface area contributed by atoms with Gasteiger partial charge in [0.2, 0.25) is 0 Å². The molecule has 0 aliphatic rings. The maximum atomic E-state index is 2.57. The van der Waals surface area contributed by atoms with Crippen LogP contribution in [0.15, 0.2) is 30.3 Å². The van der Waals surface area contributed by atoms with Gasteiger partial charge in [-0.05, 0) is 31.7 Å². The molecule has 0 bridgehead atoms. The summed E-state index contributed by atoms with van der Waals surface area (Å²) in [4.78, 5) is 2.57. The smallest absolute Gasteiger partial charge is 0.00388 e. The quantitative estimate of drug-likeness (QED) is 0.706. The lowest BCUT2D eigenvalue weighted by molar-refractivity contribution is 0.200. The summed E-state index contributed by atoms with van der Waals surface area (Å²) in [5.74, 6) is 0.748. The average molecular weight is 219 g/mol. The van der Waals surface area contributed by atoms with Crippen molar-refractivity contribution in [2.45, 2.75) is 40.2 Å². The third kappa shape index (κ3) is 4.80. The van der Waals surface area contributed by atoms with Crippen molar-refractivity contribution in [2.75, 3.05) is 13.1 Å². The Morgan fingerprint density at radius 3 is 2.12 bits per heavy atom. The number of hydrogen-bond donors (Lipinski definition) is 0. The van der Waals surface area contributed by atoms with Crippen LogP contribution in [0, 0.1) is 5.92 Å². The van der Waals surface area contributed by atoms with Gasteiger partial charge in [-0.2, -0.15) is 0 Å². The molecule has 16 heavy (non-hydrogen) atoms. The van der Waals surface area contributed by atoms with Crippen molar-refractivity contribution < 1.29 is 0 Å². The highest BCUT2D eigenvalue weighted by molar-refractivity contribution is 5.14. The van der Waals surface area contributed by atoms with E-state index in [0.717, 1.165) is 12.3 Å². The summed E-state index contributed by atoms with van der Waals surface area (Å²) in [6.45, 7) is 11.5. The first-order valence-corrected chi connectivity index (χ1v) is 6.37. The monoisotopic (exact) mass is 219 g/mol. The molecule has 0 fully saturated rings. The van der Waals surface area contributed by atoms with Gasteiger partial charge in [0.15, 0.2) is 0 Å². The van der Waals surface area contributed by atoms with E-state index in [-0.39, 0.29) is 0 Å². The van der Waals surface area contributed by atoms with Gasteiger partial charge >= 0.3 is 0 Å². The first-order valence-electron chi connectivity index (χ1n) is 6.37. The molecular formula is C15H25N. The van der Waals surface area contributed by atoms with Crippen LogP contribution in [0.2, 0.25) is 0 Å². The Labute approximate surface area is 100 Å². The lowest BCUT2D eigenvalue weighted by Crippen LogP contribution is -2.35. The molecule has 0 unspecified atom stereocenters. The van der Waals surface area contributed by atoms with Gasteiger partial charge in [-0.1, -0.05) is 44.2 Å². The van der Waals surface area contributed by atoms with Crippen LogP contribution in [0.25, 0.3) is 0 Å². The van der Waals surface area contributed by atoms with E-state index in [1.165, 1.54) is 18.7 Å². The Bertz CT molecular complexity index is 277. The summed E-state index contributed by atoms with van der Waals surface area (Å²) in [7, 11) is 0. The lowest BCUT2D eigenvalue weighted by atomic mass is 10.1. The standard InChI is InChI=1S/C15H25N/c1-13(2)12-16(14(3)4)11-10-15-8-6-5-7-9-15/h5-9,13-14H,10-12H2,1-4H3. The molecular weight excluding hydrogens is 194 g/mol. The highest BCUT2D eigenvalue weighted by Gasteiger charge is 2.10. The summed E-state index contributed by atoms with van der Waals surface area (Å²) in [6.07, 6.45) is 1.16. The van der Waals surface area contributed by atoms with Crippen molar-refractivity contribution in [3.63, 3.8) is 0 Å². The molecule has 0 saturated heterocycles. The fourth-order valence-electron chi connectivity index (χ4n) is 1.95. The van der Waals surface area contributed by atoms with Crippen molar-refractivity contribution in [1.29, 1.82) is 0 Å². The fraction of sp³-hybridized carbons (Fsp3) is 0.600. The largest absolute Gasteiger partial charge is 0.300 e. The van der Waals surface area contributed by atoms with Crippen molar-refractivity contribution in [3.8, 4) is 0 Å². The van der Waals surface area contributed by atoms with Crippen LogP contribution in [0.4, 0.5) is 0 Å². The van der Waals surface area contributed by atoms with Gasteiger partial charge in [0.1, 0.15) is 0 Å². The average Bonchev–Trinajstić information content (AvgIpc) is 2.25. The summed E-state index contributed by atoms with van der Waals surface area (Å²) in [6, 6.07) is 11.4. The van der Waals surface area contributed by atoms with Gasteiger partial charge < -0.3 is 4.90 Å². The van der Waals surface area contributed by atoms with Crippen molar-refractivity contribution in [2.24, 2.45) is 5.92 Å². The number of benzene rings is 1. The zero-order valence-corrected chi connectivity index (χ0v) is 11.1. The van der Waals surface area contributed by atoms with E-state index in [2.05, 4.69) is 62.9 Å². The number of hydrogen-bond acceptors (Lipinski definition) is 1. The zero-order valence-electron chi connectivity index (χ0n) is 11.1. The van der Waals surface area contributed by atoms with E-state index in [1.807, 2.05) is 0 Å². The van der Waals surface area contributed by atoms with Crippen molar-refractivity contribution >= 4 is 0 Å². The molecule has 1 aromatic carbocycles. The first kappa shape index (κ1) is 13.2. The molecule has 0 heterocycles. The van der Waals surface area contributed by atoms with E-state index < -0.39 is 0 Å². The summed E-state index contributed by atoms with van der Waals surface area (Å²) in [5, 5.41) is 0. The van der Waals surface area contributed by atoms with Crippen molar-refractivity contribution in [3.05, 3.63) is 35.9 Å². The lowest BCUT2D eigenvalue weighted by Gasteiger charge is -2.28. The molecule has 1 rings (SSSR count). The van der Waals surface area contributed by atoms with Crippen LogP contribution in [-0.2, 0) is 6.42 Å². The normalized spacial score (nSPS) is 11.7. The highest BCUT2D eigenvalue weighted by atomic mass is 15.1. The molecule has 1 nitrogen and oxygen atoms in total. The van der Waals surface area contributed by atoms with Crippen LogP contribution in [0.3, 0.4) is 0 Å². The fourth-order valence-corrected chi connectivity index (χ4v) is 1.95. The maximum absolute atomic E-state index is 2.57. The summed E-state index contributed by atoms with van der Waals surface area (Å²) in [5.41, 5.74) is 1.44. The van der Waals surface area contributed by atoms with Crippen LogP contribution < -0.4 is 0 Å². The van der Waals surface area contributed by atoms with Crippen LogP contribution in [0.5, 0.6) is 0 Å². The summed E-state index contributed by atoms with van der Waals surface area (Å²) >= 11 is 0. The Kier molecular flexibility index (Phi) is 5.54. The third-order valence-electron chi connectivity index (χ3n) is 2.86. The Morgan fingerprint density at radius 2 is 1.62 bits per heavy atom. The van der Waals surface area contributed by atoms with Gasteiger partial charge in [-0.15, -0.1) is 0 Å². The van der Waals surface area contributed by atoms with Gasteiger partial charge in [0.25, 0.3) is 0 Å². The minimum Gasteiger partial charge on any atom is -0.300 e. The molecule has 1 heteroatoms. The molecule has 90 valence electrons. The Morgan fingerprint density at radius 1 is 1.00 bits per heavy atom. The van der Waals surface area contributed by atoms with Gasteiger partial charge in [-0.25, -0.2) is 0 Å². The molecule has 0 aliphatic heterocycles. The molecule has 0 atom stereocenters. The number of nitrogens with zero attached hydrogens (tertiary/aromatic N) is 1.